The van der Waals surface area contributed by atoms with Crippen LogP contribution in [0.1, 0.15) is 0 Å². The number of piperazine rings is 1. The molecule has 0 atom stereocenters. The zero-order chi connectivity index (χ0) is 20.6. The highest BCUT2D eigenvalue weighted by Gasteiger charge is 2.09. The Hall–Kier alpha value is -0.500. The zero-order valence-electron chi connectivity index (χ0n) is 15.8. The Morgan fingerprint density at radius 1 is 0.857 bits per heavy atom. The molecule has 0 bridgehead atoms. The molecule has 4 nitrogen and oxygen atoms in total. The van der Waals surface area contributed by atoms with Crippen molar-refractivity contribution >= 4 is 66.4 Å². The molecule has 1 aliphatic heterocycles. The van der Waals surface area contributed by atoms with Gasteiger partial charge in [0.2, 0.25) is 0 Å². The van der Waals surface area contributed by atoms with E-state index in [2.05, 4.69) is 71.7 Å². The lowest BCUT2D eigenvalue weighted by atomic mass is 10.2. The van der Waals surface area contributed by atoms with Crippen LogP contribution >= 0.6 is 55.1 Å². The van der Waals surface area contributed by atoms with Crippen LogP contribution in [0.4, 0.5) is 11.4 Å². The number of nitrogens with one attached hydrogen (secondary N) is 2. The molecule has 0 radical (unpaired) electrons. The van der Waals surface area contributed by atoms with E-state index in [9.17, 15) is 0 Å². The molecule has 1 heterocycles. The van der Waals surface area contributed by atoms with Crippen molar-refractivity contribution < 1.29 is 0 Å². The number of alkyl halides is 2. The van der Waals surface area contributed by atoms with Crippen molar-refractivity contribution in [3.63, 3.8) is 0 Å². The standard InChI is InChI=1S/C10H13BrN2.C6H6BrN.C4H9Cl2N/c11-9-1-3-10(4-2-9)13-7-5-12-6-8-13;7-5-1-3-6(8)4-2-5;5-1-3-7-4-2-6/h1-4,12H,5-8H2;1-4H,8H2;7H,1-4H2. The van der Waals surface area contributed by atoms with E-state index in [0.29, 0.717) is 11.8 Å². The Bertz CT molecular complexity index is 596. The fourth-order valence-corrected chi connectivity index (χ4v) is 3.09. The van der Waals surface area contributed by atoms with Gasteiger partial charge in [-0.2, -0.15) is 0 Å². The number of anilines is 2. The summed E-state index contributed by atoms with van der Waals surface area (Å²) < 4.78 is 2.21. The number of hydrogen-bond donors (Lipinski definition) is 3. The Kier molecular flexibility index (Phi) is 14.9. The van der Waals surface area contributed by atoms with Crippen LogP contribution in [0.3, 0.4) is 0 Å². The zero-order valence-corrected chi connectivity index (χ0v) is 20.5. The van der Waals surface area contributed by atoms with Crippen LogP contribution in [0.2, 0.25) is 0 Å². The maximum Gasteiger partial charge on any atom is 0.0367 e. The molecule has 3 rings (SSSR count). The lowest BCUT2D eigenvalue weighted by Gasteiger charge is -2.29. The van der Waals surface area contributed by atoms with E-state index in [1.807, 2.05) is 24.3 Å². The number of nitrogen functional groups attached to an aromatic ring is 1. The van der Waals surface area contributed by atoms with E-state index in [0.717, 1.165) is 53.9 Å². The average molecular weight is 555 g/mol. The van der Waals surface area contributed by atoms with Crippen molar-refractivity contribution in [2.24, 2.45) is 0 Å². The fourth-order valence-electron chi connectivity index (χ4n) is 2.30. The van der Waals surface area contributed by atoms with Crippen LogP contribution in [0.25, 0.3) is 0 Å². The first-order valence-electron chi connectivity index (χ1n) is 9.11. The summed E-state index contributed by atoms with van der Waals surface area (Å²) in [6.45, 7) is 6.12. The molecule has 0 spiro atoms. The third-order valence-corrected chi connectivity index (χ3v) is 5.16. The topological polar surface area (TPSA) is 53.3 Å². The quantitative estimate of drug-likeness (QED) is 0.278. The summed E-state index contributed by atoms with van der Waals surface area (Å²) in [6, 6.07) is 16.0. The van der Waals surface area contributed by atoms with Crippen LogP contribution in [0, 0.1) is 0 Å². The Morgan fingerprint density at radius 2 is 1.32 bits per heavy atom. The van der Waals surface area contributed by atoms with Gasteiger partial charge >= 0.3 is 0 Å². The molecule has 156 valence electrons. The minimum atomic E-state index is 0.664. The molecular formula is C20H28Br2Cl2N4. The highest BCUT2D eigenvalue weighted by molar-refractivity contribution is 9.10. The first kappa shape index (κ1) is 25.5. The second-order valence-corrected chi connectivity index (χ2v) is 8.48. The third kappa shape index (κ3) is 12.1. The molecule has 0 saturated carbocycles. The van der Waals surface area contributed by atoms with Gasteiger partial charge in [0, 0.05) is 71.3 Å². The second kappa shape index (κ2) is 16.3. The Morgan fingerprint density at radius 3 is 1.75 bits per heavy atom. The van der Waals surface area contributed by atoms with E-state index in [4.69, 9.17) is 28.9 Å². The average Bonchev–Trinajstić information content (AvgIpc) is 2.73. The van der Waals surface area contributed by atoms with Crippen LogP contribution in [-0.2, 0) is 0 Å². The fraction of sp³-hybridized carbons (Fsp3) is 0.400. The van der Waals surface area contributed by atoms with Crippen molar-refractivity contribution in [1.82, 2.24) is 10.6 Å². The van der Waals surface area contributed by atoms with E-state index < -0.39 is 0 Å². The molecule has 8 heteroatoms. The van der Waals surface area contributed by atoms with Gasteiger partial charge in [0.05, 0.1) is 0 Å². The van der Waals surface area contributed by atoms with E-state index in [1.54, 1.807) is 0 Å². The molecule has 2 aromatic rings. The van der Waals surface area contributed by atoms with Crippen LogP contribution in [0.15, 0.2) is 57.5 Å². The summed E-state index contributed by atoms with van der Waals surface area (Å²) in [5, 5.41) is 6.37. The molecule has 1 saturated heterocycles. The summed E-state index contributed by atoms with van der Waals surface area (Å²) in [5.74, 6) is 1.33. The van der Waals surface area contributed by atoms with Crippen molar-refractivity contribution in [1.29, 1.82) is 0 Å². The van der Waals surface area contributed by atoms with Crippen molar-refractivity contribution in [2.45, 2.75) is 0 Å². The smallest absolute Gasteiger partial charge is 0.0367 e. The molecule has 0 amide bonds. The number of nitrogens with two attached hydrogens (primary N) is 1. The minimum Gasteiger partial charge on any atom is -0.399 e. The van der Waals surface area contributed by atoms with Gasteiger partial charge in [0.25, 0.3) is 0 Å². The molecule has 1 aliphatic rings. The predicted octanol–water partition coefficient (Wildman–Crippen LogP) is 4.94. The van der Waals surface area contributed by atoms with Crippen molar-refractivity contribution in [2.75, 3.05) is 61.7 Å². The van der Waals surface area contributed by atoms with Gasteiger partial charge in [-0.25, -0.2) is 0 Å². The minimum absolute atomic E-state index is 0.664. The van der Waals surface area contributed by atoms with E-state index in [1.165, 1.54) is 5.69 Å². The lowest BCUT2D eigenvalue weighted by molar-refractivity contribution is 0.589. The van der Waals surface area contributed by atoms with Gasteiger partial charge in [-0.3, -0.25) is 0 Å². The second-order valence-electron chi connectivity index (χ2n) is 5.89. The number of nitrogens with zero attached hydrogens (tertiary/aromatic N) is 1. The van der Waals surface area contributed by atoms with E-state index in [-0.39, 0.29) is 0 Å². The first-order chi connectivity index (χ1) is 13.6. The van der Waals surface area contributed by atoms with Crippen LogP contribution in [-0.4, -0.2) is 51.0 Å². The van der Waals surface area contributed by atoms with Gasteiger partial charge in [-0.05, 0) is 48.5 Å². The van der Waals surface area contributed by atoms with Gasteiger partial charge in [0.15, 0.2) is 0 Å². The third-order valence-electron chi connectivity index (χ3n) is 3.72. The number of rotatable bonds is 5. The number of halogens is 4. The van der Waals surface area contributed by atoms with Gasteiger partial charge in [0.1, 0.15) is 0 Å². The van der Waals surface area contributed by atoms with Crippen molar-refractivity contribution in [3.05, 3.63) is 57.5 Å². The first-order valence-corrected chi connectivity index (χ1v) is 11.8. The molecule has 0 aromatic heterocycles. The summed E-state index contributed by atoms with van der Waals surface area (Å²) in [4.78, 5) is 2.41. The summed E-state index contributed by atoms with van der Waals surface area (Å²) in [7, 11) is 0. The largest absolute Gasteiger partial charge is 0.399 e. The molecule has 4 N–H and O–H groups in total. The van der Waals surface area contributed by atoms with Crippen LogP contribution < -0.4 is 21.3 Å². The molecule has 1 fully saturated rings. The SMILES string of the molecule is Brc1ccc(N2CCNCC2)cc1.ClCCNCCCl.Nc1ccc(Br)cc1. The summed E-state index contributed by atoms with van der Waals surface area (Å²) in [5.41, 5.74) is 7.53. The van der Waals surface area contributed by atoms with Gasteiger partial charge in [-0.1, -0.05) is 31.9 Å². The maximum atomic E-state index is 5.41. The van der Waals surface area contributed by atoms with Crippen LogP contribution in [0.5, 0.6) is 0 Å². The number of benzene rings is 2. The van der Waals surface area contributed by atoms with Gasteiger partial charge < -0.3 is 21.3 Å². The molecule has 0 unspecified atom stereocenters. The normalized spacial score (nSPS) is 13.1. The predicted molar refractivity (Wildman–Crippen MR) is 132 cm³/mol. The van der Waals surface area contributed by atoms with Crippen molar-refractivity contribution in [3.8, 4) is 0 Å². The lowest BCUT2D eigenvalue weighted by Crippen LogP contribution is -2.43. The van der Waals surface area contributed by atoms with Gasteiger partial charge in [-0.15, -0.1) is 23.2 Å². The molecule has 28 heavy (non-hydrogen) atoms. The van der Waals surface area contributed by atoms with E-state index >= 15 is 0 Å². The molecule has 2 aromatic carbocycles. The highest BCUT2D eigenvalue weighted by atomic mass is 79.9. The number of hydrogen-bond acceptors (Lipinski definition) is 4. The Labute approximate surface area is 195 Å². The Balaban J connectivity index is 0.000000227. The summed E-state index contributed by atoms with van der Waals surface area (Å²) >= 11 is 17.4. The monoisotopic (exact) mass is 552 g/mol. The maximum absolute atomic E-state index is 5.41. The summed E-state index contributed by atoms with van der Waals surface area (Å²) in [6.07, 6.45) is 0. The molecular weight excluding hydrogens is 527 g/mol. The molecule has 0 aliphatic carbocycles. The highest BCUT2D eigenvalue weighted by Crippen LogP contribution is 2.18.